The molecule has 0 fully saturated rings. The summed E-state index contributed by atoms with van der Waals surface area (Å²) in [6, 6.07) is 3.88. The third-order valence-electron chi connectivity index (χ3n) is 2.46. The smallest absolute Gasteiger partial charge is 0.275 e. The molecule has 0 spiro atoms. The molecular weight excluding hydrogens is 230 g/mol. The number of hydrogen-bond donors (Lipinski definition) is 2. The maximum atomic E-state index is 11.9. The van der Waals surface area contributed by atoms with Crippen molar-refractivity contribution in [2.75, 3.05) is 5.32 Å². The van der Waals surface area contributed by atoms with E-state index in [4.69, 9.17) is 0 Å². The van der Waals surface area contributed by atoms with E-state index in [2.05, 4.69) is 5.32 Å². The molecule has 0 atom stereocenters. The third-order valence-corrected chi connectivity index (χ3v) is 4.37. The van der Waals surface area contributed by atoms with Crippen LogP contribution in [0.2, 0.25) is 0 Å². The molecule has 1 aromatic carbocycles. The Morgan fingerprint density at radius 3 is 2.56 bits per heavy atom. The summed E-state index contributed by atoms with van der Waals surface area (Å²) in [6.07, 6.45) is 0. The first-order chi connectivity index (χ1) is 7.25. The molecule has 16 heavy (non-hydrogen) atoms. The van der Waals surface area contributed by atoms with Gasteiger partial charge in [-0.1, -0.05) is 0 Å². The Kier molecular flexibility index (Phi) is 2.03. The number of phenols is 1. The van der Waals surface area contributed by atoms with Crippen LogP contribution in [-0.4, -0.2) is 24.2 Å². The number of hydrogen-bond acceptors (Lipinski definition) is 5. The van der Waals surface area contributed by atoms with E-state index < -0.39 is 20.5 Å². The van der Waals surface area contributed by atoms with Crippen molar-refractivity contribution in [1.29, 1.82) is 0 Å². The number of sulfone groups is 1. The fraction of sp³-hybridized carbons (Fsp3) is 0.300. The first kappa shape index (κ1) is 10.9. The Hall–Kier alpha value is -1.56. The van der Waals surface area contributed by atoms with Gasteiger partial charge >= 0.3 is 0 Å². The molecule has 0 aliphatic carbocycles. The van der Waals surface area contributed by atoms with Gasteiger partial charge in [0.15, 0.2) is 0 Å². The number of rotatable bonds is 0. The molecule has 6 heteroatoms. The number of fused-ring (bicyclic) bond motifs is 1. The first-order valence-electron chi connectivity index (χ1n) is 4.66. The van der Waals surface area contributed by atoms with Crippen LogP contribution >= 0.6 is 0 Å². The Balaban J connectivity index is 2.77. The van der Waals surface area contributed by atoms with E-state index in [0.29, 0.717) is 5.69 Å². The van der Waals surface area contributed by atoms with E-state index in [-0.39, 0.29) is 10.6 Å². The summed E-state index contributed by atoms with van der Waals surface area (Å²) in [4.78, 5) is 11.5. The molecule has 1 aliphatic rings. The zero-order chi connectivity index (χ0) is 12.1. The highest BCUT2D eigenvalue weighted by molar-refractivity contribution is 8.06. The maximum Gasteiger partial charge on any atom is 0.275 e. The molecule has 2 rings (SSSR count). The Morgan fingerprint density at radius 2 is 1.94 bits per heavy atom. The molecule has 0 amide bonds. The number of carbonyl (C=O) groups excluding carboxylic acids is 1. The average molecular weight is 241 g/mol. The van der Waals surface area contributed by atoms with Crippen molar-refractivity contribution in [1.82, 2.24) is 0 Å². The van der Waals surface area contributed by atoms with Crippen LogP contribution in [0.4, 0.5) is 5.69 Å². The normalized spacial score (nSPS) is 21.0. The van der Waals surface area contributed by atoms with E-state index in [9.17, 15) is 18.3 Å². The number of aromatic hydroxyl groups is 1. The summed E-state index contributed by atoms with van der Waals surface area (Å²) < 4.78 is 23.7. The van der Waals surface area contributed by atoms with Crippen LogP contribution in [0.25, 0.3) is 0 Å². The van der Waals surface area contributed by atoms with Crippen LogP contribution in [0.5, 0.6) is 5.75 Å². The van der Waals surface area contributed by atoms with Gasteiger partial charge in [0, 0.05) is 6.07 Å². The summed E-state index contributed by atoms with van der Waals surface area (Å²) in [5, 5.41) is 11.2. The van der Waals surface area contributed by atoms with Crippen molar-refractivity contribution in [3.05, 3.63) is 18.2 Å². The number of phenolic OH excluding ortho intramolecular Hbond substituents is 1. The average Bonchev–Trinajstić information content (AvgIpc) is 2.17. The lowest BCUT2D eigenvalue weighted by molar-refractivity contribution is -0.114. The largest absolute Gasteiger partial charge is 0.508 e. The van der Waals surface area contributed by atoms with Gasteiger partial charge in [-0.3, -0.25) is 4.79 Å². The van der Waals surface area contributed by atoms with E-state index >= 15 is 0 Å². The summed E-state index contributed by atoms with van der Waals surface area (Å²) in [5.74, 6) is -0.184. The van der Waals surface area contributed by atoms with Crippen molar-refractivity contribution in [2.45, 2.75) is 24.3 Å². The highest BCUT2D eigenvalue weighted by atomic mass is 32.2. The van der Waals surface area contributed by atoms with Crippen molar-refractivity contribution in [2.24, 2.45) is 0 Å². The number of carbonyl (C=O) groups is 1. The molecule has 1 aliphatic heterocycles. The standard InChI is InChI=1S/C10H11NO4S/c1-10(2)9(13)16(14,15)8-5-6(12)3-4-7(8)11-10/h3-5,11-12H,1-2H3. The molecule has 0 radical (unpaired) electrons. The molecule has 0 saturated carbocycles. The molecule has 0 saturated heterocycles. The highest BCUT2D eigenvalue weighted by Crippen LogP contribution is 2.35. The van der Waals surface area contributed by atoms with Crippen LogP contribution < -0.4 is 5.32 Å². The number of anilines is 1. The molecule has 2 N–H and O–H groups in total. The lowest BCUT2D eigenvalue weighted by Gasteiger charge is -2.31. The molecule has 1 aromatic rings. The summed E-state index contributed by atoms with van der Waals surface area (Å²) in [6.45, 7) is 3.01. The SMILES string of the molecule is CC1(C)Nc2ccc(O)cc2S(=O)(=O)C1=O. The minimum Gasteiger partial charge on any atom is -0.508 e. The monoisotopic (exact) mass is 241 g/mol. The third kappa shape index (κ3) is 1.37. The minimum absolute atomic E-state index is 0.170. The van der Waals surface area contributed by atoms with Gasteiger partial charge in [-0.05, 0) is 26.0 Å². The van der Waals surface area contributed by atoms with Gasteiger partial charge in [-0.25, -0.2) is 8.42 Å². The number of nitrogens with one attached hydrogen (secondary N) is 1. The Labute approximate surface area is 93.0 Å². The minimum atomic E-state index is -4.01. The Morgan fingerprint density at radius 1 is 1.31 bits per heavy atom. The molecule has 86 valence electrons. The first-order valence-corrected chi connectivity index (χ1v) is 6.14. The van der Waals surface area contributed by atoms with E-state index in [0.717, 1.165) is 6.07 Å². The molecule has 0 unspecified atom stereocenters. The molecule has 0 bridgehead atoms. The van der Waals surface area contributed by atoms with Gasteiger partial charge in [-0.15, -0.1) is 0 Å². The van der Waals surface area contributed by atoms with Gasteiger partial charge in [0.05, 0.1) is 5.69 Å². The molecule has 1 heterocycles. The zero-order valence-corrected chi connectivity index (χ0v) is 9.63. The predicted octanol–water partition coefficient (Wildman–Crippen LogP) is 0.897. The van der Waals surface area contributed by atoms with Crippen molar-refractivity contribution in [3.8, 4) is 5.75 Å². The second-order valence-electron chi connectivity index (χ2n) is 4.22. The van der Waals surface area contributed by atoms with Crippen LogP contribution in [0, 0.1) is 0 Å². The van der Waals surface area contributed by atoms with E-state index in [1.807, 2.05) is 0 Å². The summed E-state index contributed by atoms with van der Waals surface area (Å²) >= 11 is 0. The molecule has 0 aromatic heterocycles. The quantitative estimate of drug-likeness (QED) is 0.659. The lowest BCUT2D eigenvalue weighted by Crippen LogP contribution is -2.48. The van der Waals surface area contributed by atoms with Gasteiger partial charge in [0.2, 0.25) is 9.84 Å². The Bertz CT molecular complexity index is 574. The van der Waals surface area contributed by atoms with Crippen LogP contribution in [-0.2, 0) is 14.6 Å². The summed E-state index contributed by atoms with van der Waals surface area (Å²) in [5.41, 5.74) is -0.814. The van der Waals surface area contributed by atoms with Gasteiger partial charge in [-0.2, -0.15) is 0 Å². The van der Waals surface area contributed by atoms with Crippen molar-refractivity contribution in [3.63, 3.8) is 0 Å². The summed E-state index contributed by atoms with van der Waals surface area (Å²) in [7, 11) is -4.01. The van der Waals surface area contributed by atoms with Crippen molar-refractivity contribution >= 4 is 20.6 Å². The van der Waals surface area contributed by atoms with Crippen LogP contribution in [0.15, 0.2) is 23.1 Å². The van der Waals surface area contributed by atoms with Crippen LogP contribution in [0.1, 0.15) is 13.8 Å². The van der Waals surface area contributed by atoms with Crippen molar-refractivity contribution < 1.29 is 18.3 Å². The van der Waals surface area contributed by atoms with E-state index in [1.54, 1.807) is 0 Å². The topological polar surface area (TPSA) is 83.5 Å². The lowest BCUT2D eigenvalue weighted by atomic mass is 10.1. The maximum absolute atomic E-state index is 11.9. The molecular formula is C10H11NO4S. The van der Waals surface area contributed by atoms with Crippen LogP contribution in [0.3, 0.4) is 0 Å². The van der Waals surface area contributed by atoms with Gasteiger partial charge in [0.25, 0.3) is 5.12 Å². The zero-order valence-electron chi connectivity index (χ0n) is 8.81. The highest BCUT2D eigenvalue weighted by Gasteiger charge is 2.44. The van der Waals surface area contributed by atoms with E-state index in [1.165, 1.54) is 26.0 Å². The van der Waals surface area contributed by atoms with Gasteiger partial charge in [0.1, 0.15) is 16.2 Å². The second kappa shape index (κ2) is 2.98. The second-order valence-corrected chi connectivity index (χ2v) is 6.04. The van der Waals surface area contributed by atoms with Gasteiger partial charge < -0.3 is 10.4 Å². The molecule has 5 nitrogen and oxygen atoms in total. The fourth-order valence-corrected chi connectivity index (χ4v) is 3.27. The number of benzene rings is 1. The predicted molar refractivity (Wildman–Crippen MR) is 58.0 cm³/mol. The fourth-order valence-electron chi connectivity index (χ4n) is 1.66.